The molecule has 33 heavy (non-hydrogen) atoms. The molecule has 1 fully saturated rings. The van der Waals surface area contributed by atoms with E-state index in [1.54, 1.807) is 27.7 Å². The van der Waals surface area contributed by atoms with E-state index in [-0.39, 0.29) is 11.2 Å². The molecule has 1 saturated heterocycles. The minimum Gasteiger partial charge on any atom is -0.399 e. The van der Waals surface area contributed by atoms with Gasteiger partial charge in [0.05, 0.1) is 28.0 Å². The highest BCUT2D eigenvalue weighted by Crippen LogP contribution is 2.38. The molecule has 0 spiro atoms. The third-order valence-corrected chi connectivity index (χ3v) is 5.57. The van der Waals surface area contributed by atoms with Gasteiger partial charge in [-0.25, -0.2) is 4.79 Å². The van der Waals surface area contributed by atoms with Crippen molar-refractivity contribution >= 4 is 30.0 Å². The largest absolute Gasteiger partial charge is 0.494 e. The smallest absolute Gasteiger partial charge is 0.399 e. The number of carbonyl (C=O) groups is 1. The van der Waals surface area contributed by atoms with Gasteiger partial charge in [0.25, 0.3) is 0 Å². The molecule has 0 saturated carbocycles. The van der Waals surface area contributed by atoms with E-state index in [1.807, 2.05) is 5.32 Å². The molecule has 0 unspecified atom stereocenters. The molecule has 5 nitrogen and oxygen atoms in total. The Labute approximate surface area is 186 Å². The first-order valence-electron chi connectivity index (χ1n) is 9.82. The predicted molar refractivity (Wildman–Crippen MR) is 111 cm³/mol. The van der Waals surface area contributed by atoms with Crippen molar-refractivity contribution in [3.63, 3.8) is 0 Å². The van der Waals surface area contributed by atoms with Crippen LogP contribution in [0, 0.1) is 0 Å². The fraction of sp³-hybridized carbons (Fsp3) is 0.381. The molecule has 0 aliphatic carbocycles. The second-order valence-corrected chi connectivity index (χ2v) is 8.55. The number of anilines is 2. The summed E-state index contributed by atoms with van der Waals surface area (Å²) in [6, 6.07) is 5.75. The Balaban J connectivity index is 1.83. The molecule has 2 aromatic carbocycles. The Morgan fingerprint density at radius 2 is 1.45 bits per heavy atom. The first-order chi connectivity index (χ1) is 15.0. The van der Waals surface area contributed by atoms with E-state index in [9.17, 15) is 31.1 Å². The van der Waals surface area contributed by atoms with Crippen molar-refractivity contribution in [3.8, 4) is 0 Å². The molecular weight excluding hydrogens is 453 g/mol. The third-order valence-electron chi connectivity index (χ3n) is 5.57. The number of hydrogen-bond acceptors (Lipinski definition) is 3. The van der Waals surface area contributed by atoms with Crippen LogP contribution < -0.4 is 16.1 Å². The van der Waals surface area contributed by atoms with Gasteiger partial charge in [0.15, 0.2) is 0 Å². The lowest BCUT2D eigenvalue weighted by molar-refractivity contribution is -0.138. The second kappa shape index (κ2) is 8.25. The van der Waals surface area contributed by atoms with E-state index in [0.717, 1.165) is 24.3 Å². The van der Waals surface area contributed by atoms with E-state index in [0.29, 0.717) is 6.07 Å². The average Bonchev–Trinajstić information content (AvgIpc) is 2.88. The summed E-state index contributed by atoms with van der Waals surface area (Å²) in [5.41, 5.74) is -4.41. The Bertz CT molecular complexity index is 1040. The molecule has 1 aliphatic rings. The van der Waals surface area contributed by atoms with Gasteiger partial charge < -0.3 is 19.9 Å². The average molecular weight is 474 g/mol. The number of carbonyl (C=O) groups excluding carboxylic acids is 1. The van der Waals surface area contributed by atoms with Crippen molar-refractivity contribution in [1.29, 1.82) is 0 Å². The van der Waals surface area contributed by atoms with Crippen LogP contribution in [0.1, 0.15) is 38.8 Å². The minimum atomic E-state index is -4.83. The normalized spacial score (nSPS) is 17.7. The number of nitrogens with one attached hydrogen (secondary N) is 2. The predicted octanol–water partition coefficient (Wildman–Crippen LogP) is 5.67. The highest BCUT2D eigenvalue weighted by molar-refractivity contribution is 6.62. The van der Waals surface area contributed by atoms with Gasteiger partial charge in [-0.3, -0.25) is 0 Å². The second-order valence-electron chi connectivity index (χ2n) is 8.55. The van der Waals surface area contributed by atoms with Gasteiger partial charge in [0.2, 0.25) is 0 Å². The summed E-state index contributed by atoms with van der Waals surface area (Å²) in [6.07, 6.45) is -9.47. The Morgan fingerprint density at radius 1 is 0.848 bits per heavy atom. The summed E-state index contributed by atoms with van der Waals surface area (Å²) in [6.45, 7) is 7.02. The van der Waals surface area contributed by atoms with Crippen molar-refractivity contribution in [2.24, 2.45) is 0 Å². The van der Waals surface area contributed by atoms with Gasteiger partial charge in [-0.2, -0.15) is 26.3 Å². The van der Waals surface area contributed by atoms with Crippen LogP contribution in [-0.4, -0.2) is 24.4 Å². The zero-order valence-electron chi connectivity index (χ0n) is 18.1. The van der Waals surface area contributed by atoms with E-state index in [2.05, 4.69) is 5.32 Å². The molecule has 178 valence electrons. The molecule has 0 radical (unpaired) electrons. The van der Waals surface area contributed by atoms with Crippen molar-refractivity contribution in [2.45, 2.75) is 51.2 Å². The van der Waals surface area contributed by atoms with Gasteiger partial charge in [0, 0.05) is 5.69 Å². The van der Waals surface area contributed by atoms with E-state index < -0.39 is 53.5 Å². The lowest BCUT2D eigenvalue weighted by atomic mass is 9.78. The molecule has 2 amide bonds. The molecule has 1 heterocycles. The molecule has 12 heteroatoms. The Morgan fingerprint density at radius 3 is 2.00 bits per heavy atom. The van der Waals surface area contributed by atoms with Crippen LogP contribution in [0.3, 0.4) is 0 Å². The molecular formula is C21H21BF6N2O3. The molecule has 0 atom stereocenters. The van der Waals surface area contributed by atoms with Gasteiger partial charge in [0.1, 0.15) is 0 Å². The van der Waals surface area contributed by atoms with Crippen LogP contribution in [-0.2, 0) is 21.7 Å². The number of hydrogen-bond donors (Lipinski definition) is 2. The van der Waals surface area contributed by atoms with Crippen LogP contribution in [0.5, 0.6) is 0 Å². The van der Waals surface area contributed by atoms with Crippen LogP contribution in [0.2, 0.25) is 0 Å². The lowest BCUT2D eigenvalue weighted by Gasteiger charge is -2.32. The Hall–Kier alpha value is -2.73. The summed E-state index contributed by atoms with van der Waals surface area (Å²) in [5, 5.41) is 4.15. The summed E-state index contributed by atoms with van der Waals surface area (Å²) in [4.78, 5) is 12.2. The summed E-state index contributed by atoms with van der Waals surface area (Å²) in [5.74, 6) is 0. The minimum absolute atomic E-state index is 0.102. The van der Waals surface area contributed by atoms with E-state index in [4.69, 9.17) is 9.31 Å². The van der Waals surface area contributed by atoms with E-state index >= 15 is 0 Å². The van der Waals surface area contributed by atoms with Crippen molar-refractivity contribution in [3.05, 3.63) is 53.6 Å². The topological polar surface area (TPSA) is 59.6 Å². The fourth-order valence-electron chi connectivity index (χ4n) is 3.09. The molecule has 2 aromatic rings. The number of benzene rings is 2. The van der Waals surface area contributed by atoms with Gasteiger partial charge in [-0.1, -0.05) is 12.1 Å². The number of rotatable bonds is 3. The standard InChI is InChI=1S/C21H21BF6N2O3/c1-18(2)19(3,4)33-22(32-18)13-8-9-16(15(11-13)21(26,27)28)30-17(31)29-14-7-5-6-12(10-14)20(23,24)25/h5-11H,1-4H3,(H2,29,30,31). The van der Waals surface area contributed by atoms with Crippen LogP contribution in [0.25, 0.3) is 0 Å². The number of amides is 2. The summed E-state index contributed by atoms with van der Waals surface area (Å²) >= 11 is 0. The van der Waals surface area contributed by atoms with Crippen LogP contribution >= 0.6 is 0 Å². The number of alkyl halides is 6. The number of halogens is 6. The van der Waals surface area contributed by atoms with Gasteiger partial charge in [-0.15, -0.1) is 0 Å². The lowest BCUT2D eigenvalue weighted by Crippen LogP contribution is -2.41. The molecule has 2 N–H and O–H groups in total. The third kappa shape index (κ3) is 5.44. The summed E-state index contributed by atoms with van der Waals surface area (Å²) < 4.78 is 91.1. The quantitative estimate of drug-likeness (QED) is 0.446. The van der Waals surface area contributed by atoms with E-state index in [1.165, 1.54) is 12.1 Å². The zero-order valence-corrected chi connectivity index (χ0v) is 18.1. The molecule has 1 aliphatic heterocycles. The molecule has 0 bridgehead atoms. The van der Waals surface area contributed by atoms with Crippen LogP contribution in [0.15, 0.2) is 42.5 Å². The number of urea groups is 1. The maximum atomic E-state index is 13.7. The SMILES string of the molecule is CC1(C)OB(c2ccc(NC(=O)Nc3cccc(C(F)(F)F)c3)c(C(F)(F)F)c2)OC1(C)C. The monoisotopic (exact) mass is 474 g/mol. The van der Waals surface area contributed by atoms with Crippen molar-refractivity contribution in [2.75, 3.05) is 10.6 Å². The van der Waals surface area contributed by atoms with Crippen LogP contribution in [0.4, 0.5) is 42.5 Å². The maximum absolute atomic E-state index is 13.7. The fourth-order valence-corrected chi connectivity index (χ4v) is 3.09. The van der Waals surface area contributed by atoms with Crippen molar-refractivity contribution in [1.82, 2.24) is 0 Å². The summed E-state index contributed by atoms with van der Waals surface area (Å²) in [7, 11) is -1.05. The first kappa shape index (κ1) is 24.9. The first-order valence-corrected chi connectivity index (χ1v) is 9.82. The highest BCUT2D eigenvalue weighted by atomic mass is 19.4. The highest BCUT2D eigenvalue weighted by Gasteiger charge is 2.52. The van der Waals surface area contributed by atoms with Gasteiger partial charge in [-0.05, 0) is 63.5 Å². The van der Waals surface area contributed by atoms with Crippen molar-refractivity contribution < 1.29 is 40.4 Å². The maximum Gasteiger partial charge on any atom is 0.494 e. The van der Waals surface area contributed by atoms with Gasteiger partial charge >= 0.3 is 25.5 Å². The zero-order chi connectivity index (χ0) is 24.8. The molecule has 0 aromatic heterocycles. The molecule has 3 rings (SSSR count). The Kier molecular flexibility index (Phi) is 6.22.